The van der Waals surface area contributed by atoms with E-state index in [1.165, 1.54) is 22.3 Å². The number of ether oxygens (including phenoxy) is 1. The predicted octanol–water partition coefficient (Wildman–Crippen LogP) is 14.3. The highest BCUT2D eigenvalue weighted by Gasteiger charge is 2.49. The van der Waals surface area contributed by atoms with E-state index in [0.29, 0.717) is 17.5 Å². The topological polar surface area (TPSA) is 47.9 Å². The van der Waals surface area contributed by atoms with Crippen LogP contribution >= 0.6 is 0 Å². The van der Waals surface area contributed by atoms with Gasteiger partial charge in [0.05, 0.1) is 5.41 Å². The summed E-state index contributed by atoms with van der Waals surface area (Å²) in [6.07, 6.45) is 0. The number of rotatable bonds is 5. The fourth-order valence-electron chi connectivity index (χ4n) is 9.65. The summed E-state index contributed by atoms with van der Waals surface area (Å²) in [5.41, 5.74) is 15.6. The Morgan fingerprint density at radius 1 is 0.258 bits per heavy atom. The van der Waals surface area contributed by atoms with E-state index in [-0.39, 0.29) is 0 Å². The van der Waals surface area contributed by atoms with Gasteiger partial charge in [-0.1, -0.05) is 194 Å². The first-order valence-electron chi connectivity index (χ1n) is 21.0. The Morgan fingerprint density at radius 3 is 1.18 bits per heavy atom. The maximum Gasteiger partial charge on any atom is 0.164 e. The molecule has 1 spiro atoms. The lowest BCUT2D eigenvalue weighted by molar-refractivity contribution is 0.435. The van der Waals surface area contributed by atoms with Gasteiger partial charge >= 0.3 is 0 Å². The van der Waals surface area contributed by atoms with Crippen molar-refractivity contribution in [3.63, 3.8) is 0 Å². The molecule has 1 aromatic heterocycles. The zero-order valence-corrected chi connectivity index (χ0v) is 33.6. The smallest absolute Gasteiger partial charge is 0.164 e. The Morgan fingerprint density at radius 2 is 0.645 bits per heavy atom. The Kier molecular flexibility index (Phi) is 8.36. The zero-order valence-electron chi connectivity index (χ0n) is 33.6. The summed E-state index contributed by atoms with van der Waals surface area (Å²) in [6.45, 7) is 0. The Hall–Kier alpha value is -8.21. The van der Waals surface area contributed by atoms with Gasteiger partial charge in [-0.25, -0.2) is 15.0 Å². The molecule has 0 radical (unpaired) electrons. The van der Waals surface area contributed by atoms with Crippen LogP contribution in [0.1, 0.15) is 22.3 Å². The Labute approximate surface area is 360 Å². The minimum Gasteiger partial charge on any atom is -0.457 e. The van der Waals surface area contributed by atoms with Gasteiger partial charge < -0.3 is 4.74 Å². The van der Waals surface area contributed by atoms with E-state index in [0.717, 1.165) is 72.7 Å². The molecule has 4 heteroatoms. The second-order valence-corrected chi connectivity index (χ2v) is 15.9. The number of aromatic nitrogens is 3. The van der Waals surface area contributed by atoms with E-state index in [2.05, 4.69) is 212 Å². The molecule has 1 aliphatic heterocycles. The molecule has 0 atom stereocenters. The molecule has 0 saturated carbocycles. The molecule has 62 heavy (non-hydrogen) atoms. The van der Waals surface area contributed by atoms with Gasteiger partial charge in [-0.2, -0.15) is 0 Å². The molecule has 0 bridgehead atoms. The quantitative estimate of drug-likeness (QED) is 0.174. The molecule has 0 N–H and O–H groups in total. The molecule has 1 aliphatic carbocycles. The summed E-state index contributed by atoms with van der Waals surface area (Å²) in [7, 11) is 0. The highest BCUT2D eigenvalue weighted by Crippen LogP contribution is 2.61. The van der Waals surface area contributed by atoms with Crippen molar-refractivity contribution in [1.82, 2.24) is 15.0 Å². The van der Waals surface area contributed by atoms with E-state index in [1.807, 2.05) is 12.1 Å². The molecule has 9 aromatic carbocycles. The van der Waals surface area contributed by atoms with Gasteiger partial charge in [0.15, 0.2) is 17.5 Å². The second kappa shape index (κ2) is 14.5. The molecule has 0 saturated heterocycles. The number of para-hydroxylation sites is 2. The number of hydrogen-bond acceptors (Lipinski definition) is 4. The van der Waals surface area contributed by atoms with Crippen molar-refractivity contribution in [2.75, 3.05) is 0 Å². The van der Waals surface area contributed by atoms with E-state index in [4.69, 9.17) is 19.7 Å². The molecule has 12 rings (SSSR count). The van der Waals surface area contributed by atoms with Gasteiger partial charge in [0.2, 0.25) is 0 Å². The minimum absolute atomic E-state index is 0.595. The van der Waals surface area contributed by atoms with Crippen molar-refractivity contribution in [2.24, 2.45) is 0 Å². The first kappa shape index (κ1) is 35.7. The first-order chi connectivity index (χ1) is 30.7. The monoisotopic (exact) mass is 791 g/mol. The molecule has 0 amide bonds. The van der Waals surface area contributed by atoms with E-state index in [1.54, 1.807) is 0 Å². The van der Waals surface area contributed by atoms with Gasteiger partial charge in [0.1, 0.15) is 11.5 Å². The summed E-state index contributed by atoms with van der Waals surface area (Å²) >= 11 is 0. The average Bonchev–Trinajstić information content (AvgIpc) is 3.46. The van der Waals surface area contributed by atoms with Crippen LogP contribution in [0.3, 0.4) is 0 Å². The minimum atomic E-state index is -0.751. The van der Waals surface area contributed by atoms with Crippen molar-refractivity contribution >= 4 is 0 Å². The standard InChI is InChI=1S/C58H37N3O/c1-3-17-38(18-4-1)40-21-15-23-42(35-40)55-59-56(43-24-16-22-41(36-43)39-19-5-2-6-20-39)61-57(60-55)44-33-34-48-46-26-8-7-25-45(46)47-27-9-10-28-49(47)58(52(48)37-44)50-29-11-13-31-53(50)62-54-32-14-12-30-51(54)58/h1-37H. The zero-order chi connectivity index (χ0) is 41.0. The van der Waals surface area contributed by atoms with E-state index in [9.17, 15) is 0 Å². The number of benzene rings is 9. The van der Waals surface area contributed by atoms with Gasteiger partial charge in [-0.3, -0.25) is 0 Å². The lowest BCUT2D eigenvalue weighted by Gasteiger charge is -2.42. The van der Waals surface area contributed by atoms with Crippen LogP contribution in [0.4, 0.5) is 0 Å². The molecular weight excluding hydrogens is 755 g/mol. The maximum absolute atomic E-state index is 6.75. The molecule has 0 fully saturated rings. The third-order valence-electron chi connectivity index (χ3n) is 12.4. The van der Waals surface area contributed by atoms with Crippen molar-refractivity contribution in [3.8, 4) is 90.2 Å². The highest BCUT2D eigenvalue weighted by molar-refractivity contribution is 5.94. The third-order valence-corrected chi connectivity index (χ3v) is 12.4. The Balaban J connectivity index is 1.14. The summed E-state index contributed by atoms with van der Waals surface area (Å²) in [5.74, 6) is 3.48. The van der Waals surface area contributed by atoms with Crippen LogP contribution in [-0.4, -0.2) is 15.0 Å². The lowest BCUT2D eigenvalue weighted by Crippen LogP contribution is -2.34. The van der Waals surface area contributed by atoms with Gasteiger partial charge in [-0.15, -0.1) is 0 Å². The van der Waals surface area contributed by atoms with E-state index >= 15 is 0 Å². The largest absolute Gasteiger partial charge is 0.457 e. The van der Waals surface area contributed by atoms with Gasteiger partial charge in [0, 0.05) is 27.8 Å². The predicted molar refractivity (Wildman–Crippen MR) is 250 cm³/mol. The number of fused-ring (bicyclic) bond motifs is 11. The summed E-state index contributed by atoms with van der Waals surface area (Å²) < 4.78 is 6.75. The maximum atomic E-state index is 6.75. The molecule has 0 unspecified atom stereocenters. The van der Waals surface area contributed by atoms with Crippen LogP contribution in [0.15, 0.2) is 224 Å². The van der Waals surface area contributed by atoms with Crippen molar-refractivity contribution in [2.45, 2.75) is 5.41 Å². The first-order valence-corrected chi connectivity index (χ1v) is 21.0. The molecule has 4 nitrogen and oxygen atoms in total. The van der Waals surface area contributed by atoms with Crippen molar-refractivity contribution < 1.29 is 4.74 Å². The molecule has 290 valence electrons. The summed E-state index contributed by atoms with van der Waals surface area (Å²) in [5, 5.41) is 0. The normalized spacial score (nSPS) is 12.8. The molecular formula is C58H37N3O. The number of nitrogens with zero attached hydrogens (tertiary/aromatic N) is 3. The third kappa shape index (κ3) is 5.72. The number of hydrogen-bond donors (Lipinski definition) is 0. The van der Waals surface area contributed by atoms with Crippen molar-refractivity contribution in [1.29, 1.82) is 0 Å². The average molecular weight is 792 g/mol. The van der Waals surface area contributed by atoms with Crippen LogP contribution in [-0.2, 0) is 5.41 Å². The summed E-state index contributed by atoms with van der Waals surface area (Å²) in [6, 6.07) is 79.3. The highest BCUT2D eigenvalue weighted by atomic mass is 16.5. The SMILES string of the molecule is c1ccc(-c2cccc(-c3nc(-c4cccc(-c5ccccc5)c4)nc(-c4ccc5c(c4)C4(c6ccccc6Oc6ccccc64)c4ccccc4-c4ccccc4-5)n3)c2)cc1. The van der Waals surface area contributed by atoms with Crippen LogP contribution < -0.4 is 4.74 Å². The molecule has 2 aliphatic rings. The second-order valence-electron chi connectivity index (χ2n) is 15.9. The van der Waals surface area contributed by atoms with Crippen molar-refractivity contribution in [3.05, 3.63) is 247 Å². The van der Waals surface area contributed by atoms with Crippen LogP contribution in [0.2, 0.25) is 0 Å². The fourth-order valence-corrected chi connectivity index (χ4v) is 9.65. The fraction of sp³-hybridized carbons (Fsp3) is 0.0172. The Bertz CT molecular complexity index is 3190. The van der Waals surface area contributed by atoms with Gasteiger partial charge in [-0.05, 0) is 86.0 Å². The van der Waals surface area contributed by atoms with Crippen LogP contribution in [0.5, 0.6) is 11.5 Å². The summed E-state index contributed by atoms with van der Waals surface area (Å²) in [4.78, 5) is 15.9. The molecule has 2 heterocycles. The van der Waals surface area contributed by atoms with E-state index < -0.39 is 5.41 Å². The van der Waals surface area contributed by atoms with Gasteiger partial charge in [0.25, 0.3) is 0 Å². The van der Waals surface area contributed by atoms with Crippen LogP contribution in [0, 0.1) is 0 Å². The lowest BCUT2D eigenvalue weighted by atomic mass is 9.62. The molecule has 10 aromatic rings. The van der Waals surface area contributed by atoms with Crippen LogP contribution in [0.25, 0.3) is 78.7 Å².